The SMILES string of the molecule is CC(=O)c1sc(NC(=O)C=Cc2ccc(C(=O)NC3CC3)cc2)nc1-c1ccccc1. The van der Waals surface area contributed by atoms with E-state index in [-0.39, 0.29) is 17.6 Å². The van der Waals surface area contributed by atoms with E-state index in [0.717, 1.165) is 35.3 Å². The van der Waals surface area contributed by atoms with Gasteiger partial charge in [0.1, 0.15) is 0 Å². The van der Waals surface area contributed by atoms with Crippen LogP contribution < -0.4 is 10.6 Å². The van der Waals surface area contributed by atoms with Gasteiger partial charge in [0, 0.05) is 30.2 Å². The van der Waals surface area contributed by atoms with Gasteiger partial charge < -0.3 is 5.32 Å². The van der Waals surface area contributed by atoms with Crippen molar-refractivity contribution in [1.82, 2.24) is 10.3 Å². The molecule has 6 nitrogen and oxygen atoms in total. The number of aromatic nitrogens is 1. The smallest absolute Gasteiger partial charge is 0.251 e. The molecule has 0 spiro atoms. The Balaban J connectivity index is 1.42. The molecule has 1 saturated carbocycles. The maximum atomic E-state index is 12.3. The minimum Gasteiger partial charge on any atom is -0.349 e. The van der Waals surface area contributed by atoms with Crippen LogP contribution in [0.2, 0.25) is 0 Å². The van der Waals surface area contributed by atoms with Crippen LogP contribution in [-0.4, -0.2) is 28.6 Å². The Morgan fingerprint density at radius 2 is 1.74 bits per heavy atom. The summed E-state index contributed by atoms with van der Waals surface area (Å²) >= 11 is 1.16. The van der Waals surface area contributed by atoms with Gasteiger partial charge in [0.15, 0.2) is 10.9 Å². The molecule has 1 fully saturated rings. The Morgan fingerprint density at radius 1 is 1.03 bits per heavy atom. The van der Waals surface area contributed by atoms with E-state index in [1.807, 2.05) is 30.3 Å². The highest BCUT2D eigenvalue weighted by atomic mass is 32.1. The van der Waals surface area contributed by atoms with E-state index in [4.69, 9.17) is 0 Å². The number of ketones is 1. The largest absolute Gasteiger partial charge is 0.349 e. The summed E-state index contributed by atoms with van der Waals surface area (Å²) in [5.74, 6) is -0.521. The molecule has 1 aliphatic carbocycles. The van der Waals surface area contributed by atoms with E-state index >= 15 is 0 Å². The molecule has 0 radical (unpaired) electrons. The zero-order valence-electron chi connectivity index (χ0n) is 16.9. The summed E-state index contributed by atoms with van der Waals surface area (Å²) in [4.78, 5) is 41.3. The van der Waals surface area contributed by atoms with Gasteiger partial charge in [-0.15, -0.1) is 0 Å². The normalized spacial score (nSPS) is 13.2. The molecule has 0 unspecified atom stereocenters. The second-order valence-electron chi connectivity index (χ2n) is 7.31. The average molecular weight is 432 g/mol. The molecule has 1 heterocycles. The first-order valence-corrected chi connectivity index (χ1v) is 10.8. The maximum absolute atomic E-state index is 12.3. The van der Waals surface area contributed by atoms with Crippen LogP contribution in [0.4, 0.5) is 5.13 Å². The van der Waals surface area contributed by atoms with Crippen molar-refractivity contribution in [3.05, 3.63) is 76.7 Å². The van der Waals surface area contributed by atoms with Gasteiger partial charge in [-0.25, -0.2) is 4.98 Å². The van der Waals surface area contributed by atoms with Crippen LogP contribution in [0, 0.1) is 0 Å². The summed E-state index contributed by atoms with van der Waals surface area (Å²) in [6.45, 7) is 1.49. The Bertz CT molecular complexity index is 1150. The Morgan fingerprint density at radius 3 is 2.39 bits per heavy atom. The quantitative estimate of drug-likeness (QED) is 0.424. The summed E-state index contributed by atoms with van der Waals surface area (Å²) in [5, 5.41) is 6.03. The molecule has 4 rings (SSSR count). The lowest BCUT2D eigenvalue weighted by Gasteiger charge is -2.03. The van der Waals surface area contributed by atoms with Crippen molar-refractivity contribution in [3.8, 4) is 11.3 Å². The number of hydrogen-bond donors (Lipinski definition) is 2. The van der Waals surface area contributed by atoms with E-state index in [1.165, 1.54) is 13.0 Å². The number of anilines is 1. The Hall–Kier alpha value is -3.58. The van der Waals surface area contributed by atoms with E-state index in [9.17, 15) is 14.4 Å². The van der Waals surface area contributed by atoms with Crippen molar-refractivity contribution in [2.24, 2.45) is 0 Å². The first kappa shape index (κ1) is 20.7. The van der Waals surface area contributed by atoms with Crippen LogP contribution in [0.1, 0.15) is 45.4 Å². The van der Waals surface area contributed by atoms with Crippen LogP contribution in [0.25, 0.3) is 17.3 Å². The van der Waals surface area contributed by atoms with E-state index < -0.39 is 0 Å². The second-order valence-corrected chi connectivity index (χ2v) is 8.31. The number of Topliss-reactive ketones (excluding diaryl/α,β-unsaturated/α-hetero) is 1. The number of thiazole rings is 1. The number of nitrogens with zero attached hydrogens (tertiary/aromatic N) is 1. The number of carbonyl (C=O) groups is 3. The van der Waals surface area contributed by atoms with Gasteiger partial charge >= 0.3 is 0 Å². The number of amides is 2. The third-order valence-corrected chi connectivity index (χ3v) is 5.81. The maximum Gasteiger partial charge on any atom is 0.251 e. The summed E-state index contributed by atoms with van der Waals surface area (Å²) in [5.41, 5.74) is 2.79. The predicted molar refractivity (Wildman–Crippen MR) is 122 cm³/mol. The summed E-state index contributed by atoms with van der Waals surface area (Å²) in [6.07, 6.45) is 5.15. The lowest BCUT2D eigenvalue weighted by atomic mass is 10.1. The van der Waals surface area contributed by atoms with E-state index in [1.54, 1.807) is 30.3 Å². The number of hydrogen-bond acceptors (Lipinski definition) is 5. The molecular weight excluding hydrogens is 410 g/mol. The first-order chi connectivity index (χ1) is 15.0. The predicted octanol–water partition coefficient (Wildman–Crippen LogP) is 4.56. The van der Waals surface area contributed by atoms with Gasteiger partial charge in [0.05, 0.1) is 10.6 Å². The highest BCUT2D eigenvalue weighted by Crippen LogP contribution is 2.31. The van der Waals surface area contributed by atoms with Crippen LogP contribution in [-0.2, 0) is 4.79 Å². The van der Waals surface area contributed by atoms with Crippen LogP contribution in [0.15, 0.2) is 60.7 Å². The third kappa shape index (κ3) is 5.32. The molecule has 7 heteroatoms. The molecule has 1 aromatic heterocycles. The molecule has 0 bridgehead atoms. The molecule has 2 aromatic carbocycles. The molecule has 0 atom stereocenters. The number of nitrogens with one attached hydrogen (secondary N) is 2. The minimum absolute atomic E-state index is 0.0740. The fourth-order valence-electron chi connectivity index (χ4n) is 2.96. The standard InChI is InChI=1S/C24H21N3O3S/c1-15(28)22-21(17-5-3-2-4-6-17)27-24(31-22)26-20(29)14-9-16-7-10-18(11-8-16)23(30)25-19-12-13-19/h2-11,14,19H,12-13H2,1H3,(H,25,30)(H,26,27,29). The first-order valence-electron chi connectivity index (χ1n) is 9.97. The highest BCUT2D eigenvalue weighted by Gasteiger charge is 2.23. The lowest BCUT2D eigenvalue weighted by Crippen LogP contribution is -2.25. The van der Waals surface area contributed by atoms with Crippen molar-refractivity contribution in [3.63, 3.8) is 0 Å². The minimum atomic E-state index is -0.348. The van der Waals surface area contributed by atoms with Crippen molar-refractivity contribution in [2.45, 2.75) is 25.8 Å². The molecule has 1 aliphatic rings. The van der Waals surface area contributed by atoms with Crippen LogP contribution in [0.5, 0.6) is 0 Å². The molecule has 2 N–H and O–H groups in total. The molecule has 0 saturated heterocycles. The molecule has 0 aliphatic heterocycles. The summed E-state index contributed by atoms with van der Waals surface area (Å²) < 4.78 is 0. The van der Waals surface area contributed by atoms with Gasteiger partial charge in [-0.05, 0) is 36.6 Å². The highest BCUT2D eigenvalue weighted by molar-refractivity contribution is 7.18. The van der Waals surface area contributed by atoms with Gasteiger partial charge in [-0.3, -0.25) is 19.7 Å². The number of rotatable bonds is 7. The molecule has 156 valence electrons. The zero-order chi connectivity index (χ0) is 21.8. The van der Waals surface area contributed by atoms with Crippen molar-refractivity contribution in [1.29, 1.82) is 0 Å². The molecule has 2 amide bonds. The topological polar surface area (TPSA) is 88.2 Å². The lowest BCUT2D eigenvalue weighted by molar-refractivity contribution is -0.111. The fraction of sp³-hybridized carbons (Fsp3) is 0.167. The van der Waals surface area contributed by atoms with Crippen molar-refractivity contribution in [2.75, 3.05) is 5.32 Å². The second kappa shape index (κ2) is 9.06. The van der Waals surface area contributed by atoms with Crippen LogP contribution >= 0.6 is 11.3 Å². The van der Waals surface area contributed by atoms with Crippen molar-refractivity contribution < 1.29 is 14.4 Å². The fourth-order valence-corrected chi connectivity index (χ4v) is 3.85. The number of benzene rings is 2. The molecule has 3 aromatic rings. The monoisotopic (exact) mass is 431 g/mol. The van der Waals surface area contributed by atoms with Gasteiger partial charge in [0.2, 0.25) is 5.91 Å². The average Bonchev–Trinajstić information content (AvgIpc) is 3.49. The summed E-state index contributed by atoms with van der Waals surface area (Å²) in [6, 6.07) is 16.8. The van der Waals surface area contributed by atoms with Gasteiger partial charge in [-0.1, -0.05) is 53.8 Å². The van der Waals surface area contributed by atoms with Crippen molar-refractivity contribution >= 4 is 40.1 Å². The number of carbonyl (C=O) groups excluding carboxylic acids is 3. The van der Waals surface area contributed by atoms with Gasteiger partial charge in [0.25, 0.3) is 5.91 Å². The third-order valence-electron chi connectivity index (χ3n) is 4.74. The van der Waals surface area contributed by atoms with Gasteiger partial charge in [-0.2, -0.15) is 0 Å². The van der Waals surface area contributed by atoms with E-state index in [0.29, 0.717) is 27.3 Å². The molecule has 31 heavy (non-hydrogen) atoms. The Kier molecular flexibility index (Phi) is 6.04. The Labute approximate surface area is 184 Å². The summed E-state index contributed by atoms with van der Waals surface area (Å²) in [7, 11) is 0. The molecular formula is C24H21N3O3S. The zero-order valence-corrected chi connectivity index (χ0v) is 17.7. The van der Waals surface area contributed by atoms with Crippen LogP contribution in [0.3, 0.4) is 0 Å². The van der Waals surface area contributed by atoms with E-state index in [2.05, 4.69) is 15.6 Å².